The molecule has 1 saturated heterocycles. The minimum atomic E-state index is -4.54. The highest BCUT2D eigenvalue weighted by Crippen LogP contribution is 2.33. The molecule has 11 heteroatoms. The molecule has 1 unspecified atom stereocenters. The number of ether oxygens (including phenoxy) is 1. The molecule has 1 aliphatic heterocycles. The first kappa shape index (κ1) is 23.8. The van der Waals surface area contributed by atoms with Crippen LogP contribution in [-0.2, 0) is 25.3 Å². The molecule has 0 aromatic heterocycles. The van der Waals surface area contributed by atoms with E-state index in [4.69, 9.17) is 0 Å². The van der Waals surface area contributed by atoms with Crippen molar-refractivity contribution in [1.29, 1.82) is 0 Å². The average Bonchev–Trinajstić information content (AvgIpc) is 3.19. The summed E-state index contributed by atoms with van der Waals surface area (Å²) in [6.45, 7) is -0.341. The quantitative estimate of drug-likeness (QED) is 0.641. The highest BCUT2D eigenvalue weighted by atomic mass is 19.4. The number of alkyl halides is 3. The summed E-state index contributed by atoms with van der Waals surface area (Å²) < 4.78 is 43.3. The number of esters is 1. The average molecular weight is 463 g/mol. The van der Waals surface area contributed by atoms with Crippen LogP contribution in [0, 0.1) is 5.92 Å². The number of hydrogen-bond donors (Lipinski definition) is 2. The van der Waals surface area contributed by atoms with E-state index >= 15 is 0 Å². The molecule has 0 spiro atoms. The number of halogens is 3. The number of nitrogens with zero attached hydrogens (tertiary/aromatic N) is 1. The number of rotatable bonds is 6. The first-order valence-electron chi connectivity index (χ1n) is 9.82. The number of methoxy groups -OCH3 is 1. The fourth-order valence-corrected chi connectivity index (χ4v) is 3.26. The van der Waals surface area contributed by atoms with Crippen LogP contribution in [0.1, 0.15) is 22.3 Å². The maximum atomic E-state index is 13.0. The van der Waals surface area contributed by atoms with E-state index in [1.807, 2.05) is 0 Å². The lowest BCUT2D eigenvalue weighted by Gasteiger charge is -2.18. The number of hydrogen-bond acceptors (Lipinski definition) is 5. The van der Waals surface area contributed by atoms with Gasteiger partial charge in [0.15, 0.2) is 0 Å². The summed E-state index contributed by atoms with van der Waals surface area (Å²) in [5, 5.41) is 5.01. The van der Waals surface area contributed by atoms with Crippen LogP contribution in [0.5, 0.6) is 0 Å². The van der Waals surface area contributed by atoms with Gasteiger partial charge < -0.3 is 20.3 Å². The first-order chi connectivity index (χ1) is 15.6. The lowest BCUT2D eigenvalue weighted by atomic mass is 10.1. The second kappa shape index (κ2) is 9.72. The molecule has 1 atom stereocenters. The van der Waals surface area contributed by atoms with Crippen molar-refractivity contribution in [3.63, 3.8) is 0 Å². The van der Waals surface area contributed by atoms with Crippen molar-refractivity contribution in [1.82, 2.24) is 5.32 Å². The van der Waals surface area contributed by atoms with Crippen LogP contribution in [0.15, 0.2) is 48.5 Å². The number of anilines is 2. The topological polar surface area (TPSA) is 105 Å². The molecule has 2 aromatic rings. The molecule has 1 aliphatic rings. The van der Waals surface area contributed by atoms with E-state index in [0.29, 0.717) is 5.69 Å². The van der Waals surface area contributed by atoms with Gasteiger partial charge in [0, 0.05) is 29.9 Å². The van der Waals surface area contributed by atoms with E-state index in [2.05, 4.69) is 15.4 Å². The van der Waals surface area contributed by atoms with Crippen molar-refractivity contribution in [2.24, 2.45) is 5.92 Å². The minimum absolute atomic E-state index is 0.0556. The lowest BCUT2D eigenvalue weighted by Crippen LogP contribution is -2.30. The number of carbonyl (C=O) groups excluding carboxylic acids is 4. The third kappa shape index (κ3) is 5.88. The van der Waals surface area contributed by atoms with Gasteiger partial charge in [0.05, 0.1) is 18.6 Å². The van der Waals surface area contributed by atoms with Crippen LogP contribution < -0.4 is 15.5 Å². The summed E-state index contributed by atoms with van der Waals surface area (Å²) in [4.78, 5) is 49.2. The molecule has 33 heavy (non-hydrogen) atoms. The molecule has 0 saturated carbocycles. The molecule has 3 rings (SSSR count). The number of carbonyl (C=O) groups is 4. The van der Waals surface area contributed by atoms with Crippen molar-refractivity contribution in [2.45, 2.75) is 12.6 Å². The van der Waals surface area contributed by atoms with Crippen molar-refractivity contribution in [3.8, 4) is 0 Å². The van der Waals surface area contributed by atoms with Gasteiger partial charge in [-0.25, -0.2) is 0 Å². The Labute approximate surface area is 186 Å². The van der Waals surface area contributed by atoms with E-state index in [1.165, 1.54) is 43.5 Å². The molecule has 3 amide bonds. The van der Waals surface area contributed by atoms with Gasteiger partial charge in [0.25, 0.3) is 5.91 Å². The molecule has 0 aliphatic carbocycles. The third-order valence-electron chi connectivity index (χ3n) is 5.02. The van der Waals surface area contributed by atoms with Gasteiger partial charge in [-0.3, -0.25) is 19.2 Å². The normalized spacial score (nSPS) is 15.8. The highest BCUT2D eigenvalue weighted by molar-refractivity contribution is 6.04. The fourth-order valence-electron chi connectivity index (χ4n) is 3.26. The third-order valence-corrected chi connectivity index (χ3v) is 5.02. The Morgan fingerprint density at radius 3 is 2.45 bits per heavy atom. The van der Waals surface area contributed by atoms with E-state index in [9.17, 15) is 32.3 Å². The second-order valence-corrected chi connectivity index (χ2v) is 7.28. The van der Waals surface area contributed by atoms with Gasteiger partial charge in [-0.15, -0.1) is 0 Å². The minimum Gasteiger partial charge on any atom is -0.468 e. The molecule has 8 nitrogen and oxygen atoms in total. The summed E-state index contributed by atoms with van der Waals surface area (Å²) in [5.74, 6) is -2.78. The van der Waals surface area contributed by atoms with Gasteiger partial charge in [-0.1, -0.05) is 6.07 Å². The molecule has 2 N–H and O–H groups in total. The zero-order valence-corrected chi connectivity index (χ0v) is 17.4. The van der Waals surface area contributed by atoms with E-state index in [-0.39, 0.29) is 30.8 Å². The van der Waals surface area contributed by atoms with Gasteiger partial charge in [-0.05, 0) is 42.5 Å². The number of benzene rings is 2. The zero-order valence-electron chi connectivity index (χ0n) is 17.4. The zero-order chi connectivity index (χ0) is 24.2. The Bertz CT molecular complexity index is 1070. The smallest absolute Gasteiger partial charge is 0.416 e. The fraction of sp³-hybridized carbons (Fsp3) is 0.273. The molecule has 0 bridgehead atoms. The Hall–Kier alpha value is -3.89. The Balaban J connectivity index is 1.61. The summed E-state index contributed by atoms with van der Waals surface area (Å²) in [7, 11) is 1.20. The Morgan fingerprint density at radius 2 is 1.82 bits per heavy atom. The standard InChI is InChI=1S/C22H20F3N3O5/c1-33-19(30)11-26-20(31)13-5-7-16(8-6-13)27-21(32)14-9-18(29)28(12-14)17-4-2-3-15(10-17)22(23,24)25/h2-8,10,14H,9,11-12H2,1H3,(H,26,31)(H,27,32). The van der Waals surface area contributed by atoms with E-state index < -0.39 is 41.3 Å². The van der Waals surface area contributed by atoms with Crippen LogP contribution in [0.2, 0.25) is 0 Å². The first-order valence-corrected chi connectivity index (χ1v) is 9.82. The molecular formula is C22H20F3N3O5. The van der Waals surface area contributed by atoms with Crippen molar-refractivity contribution in [2.75, 3.05) is 30.4 Å². The number of amides is 3. The van der Waals surface area contributed by atoms with Crippen LogP contribution in [0.4, 0.5) is 24.5 Å². The van der Waals surface area contributed by atoms with E-state index in [0.717, 1.165) is 17.0 Å². The molecule has 174 valence electrons. The second-order valence-electron chi connectivity index (χ2n) is 7.28. The van der Waals surface area contributed by atoms with Crippen molar-refractivity contribution >= 4 is 35.1 Å². The van der Waals surface area contributed by atoms with E-state index in [1.54, 1.807) is 0 Å². The van der Waals surface area contributed by atoms with Gasteiger partial charge in [-0.2, -0.15) is 13.2 Å². The predicted molar refractivity (Wildman–Crippen MR) is 111 cm³/mol. The van der Waals surface area contributed by atoms with Crippen LogP contribution in [-0.4, -0.2) is 43.9 Å². The lowest BCUT2D eigenvalue weighted by molar-refractivity contribution is -0.139. The Morgan fingerprint density at radius 1 is 1.12 bits per heavy atom. The van der Waals surface area contributed by atoms with Crippen molar-refractivity contribution in [3.05, 3.63) is 59.7 Å². The summed E-state index contributed by atoms with van der Waals surface area (Å²) in [5.41, 5.74) is -0.179. The van der Waals surface area contributed by atoms with Crippen LogP contribution >= 0.6 is 0 Å². The maximum Gasteiger partial charge on any atom is 0.416 e. The van der Waals surface area contributed by atoms with Gasteiger partial charge in [0.1, 0.15) is 6.54 Å². The van der Waals surface area contributed by atoms with Gasteiger partial charge >= 0.3 is 12.1 Å². The monoisotopic (exact) mass is 463 g/mol. The SMILES string of the molecule is COC(=O)CNC(=O)c1ccc(NC(=O)C2CC(=O)N(c3cccc(C(F)(F)F)c3)C2)cc1. The Kier molecular flexibility index (Phi) is 7.00. The summed E-state index contributed by atoms with van der Waals surface area (Å²) >= 11 is 0. The molecule has 1 fully saturated rings. The highest BCUT2D eigenvalue weighted by Gasteiger charge is 2.37. The van der Waals surface area contributed by atoms with Gasteiger partial charge in [0.2, 0.25) is 11.8 Å². The van der Waals surface area contributed by atoms with Crippen molar-refractivity contribution < 1.29 is 37.1 Å². The molecule has 0 radical (unpaired) electrons. The maximum absolute atomic E-state index is 13.0. The molecule has 1 heterocycles. The molecular weight excluding hydrogens is 443 g/mol. The largest absolute Gasteiger partial charge is 0.468 e. The summed E-state index contributed by atoms with van der Waals surface area (Å²) in [6.07, 6.45) is -4.69. The van der Waals surface area contributed by atoms with Crippen LogP contribution in [0.25, 0.3) is 0 Å². The van der Waals surface area contributed by atoms with Crippen LogP contribution in [0.3, 0.4) is 0 Å². The number of nitrogens with one attached hydrogen (secondary N) is 2. The predicted octanol–water partition coefficient (Wildman–Crippen LogP) is 2.60. The molecule has 2 aromatic carbocycles. The summed E-state index contributed by atoms with van der Waals surface area (Å²) in [6, 6.07) is 10.2.